The van der Waals surface area contributed by atoms with Gasteiger partial charge in [-0.1, -0.05) is 19.1 Å². The molecule has 3 heteroatoms. The maximum atomic E-state index is 5.82. The summed E-state index contributed by atoms with van der Waals surface area (Å²) in [5, 5.41) is 0. The molecule has 3 unspecified atom stereocenters. The molecule has 1 saturated heterocycles. The molecule has 2 N–H and O–H groups in total. The molecule has 1 fully saturated rings. The first-order chi connectivity index (χ1) is 9.65. The Kier molecular flexibility index (Phi) is 5.44. The molecule has 0 aromatic heterocycles. The lowest BCUT2D eigenvalue weighted by atomic mass is 10.1. The van der Waals surface area contributed by atoms with Crippen molar-refractivity contribution in [2.45, 2.75) is 45.7 Å². The van der Waals surface area contributed by atoms with E-state index in [1.54, 1.807) is 0 Å². The van der Waals surface area contributed by atoms with Gasteiger partial charge in [-0.2, -0.15) is 0 Å². The van der Waals surface area contributed by atoms with Crippen LogP contribution in [0.2, 0.25) is 0 Å². The normalized spacial score (nSPS) is 24.8. The number of nitrogens with zero attached hydrogens (tertiary/aromatic N) is 1. The Morgan fingerprint density at radius 2 is 2.05 bits per heavy atom. The zero-order chi connectivity index (χ0) is 14.5. The number of hydrogen-bond acceptors (Lipinski definition) is 3. The van der Waals surface area contributed by atoms with Crippen LogP contribution < -0.4 is 10.5 Å². The Balaban J connectivity index is 2.00. The summed E-state index contributed by atoms with van der Waals surface area (Å²) in [7, 11) is 0. The second-order valence-electron chi connectivity index (χ2n) is 5.98. The van der Waals surface area contributed by atoms with Crippen LogP contribution in [0.25, 0.3) is 0 Å². The molecule has 0 saturated carbocycles. The topological polar surface area (TPSA) is 38.5 Å². The Labute approximate surface area is 123 Å². The van der Waals surface area contributed by atoms with Crippen LogP contribution in [0.4, 0.5) is 0 Å². The molecule has 0 radical (unpaired) electrons. The first-order valence-corrected chi connectivity index (χ1v) is 7.84. The Morgan fingerprint density at radius 3 is 2.60 bits per heavy atom. The third-order valence-corrected chi connectivity index (χ3v) is 4.38. The third-order valence-electron chi connectivity index (χ3n) is 4.38. The van der Waals surface area contributed by atoms with Crippen LogP contribution in [0.15, 0.2) is 24.3 Å². The van der Waals surface area contributed by atoms with Gasteiger partial charge in [0.25, 0.3) is 0 Å². The average molecular weight is 276 g/mol. The van der Waals surface area contributed by atoms with E-state index >= 15 is 0 Å². The summed E-state index contributed by atoms with van der Waals surface area (Å²) in [5.74, 6) is 1.62. The fraction of sp³-hybridized carbons (Fsp3) is 0.647. The van der Waals surface area contributed by atoms with Gasteiger partial charge in [0.1, 0.15) is 5.75 Å². The van der Waals surface area contributed by atoms with Crippen LogP contribution >= 0.6 is 0 Å². The van der Waals surface area contributed by atoms with Crippen LogP contribution in [0, 0.1) is 5.92 Å². The van der Waals surface area contributed by atoms with Crippen molar-refractivity contribution in [3.63, 3.8) is 0 Å². The summed E-state index contributed by atoms with van der Waals surface area (Å²) >= 11 is 0. The number of likely N-dealkylation sites (tertiary alicyclic amines) is 1. The van der Waals surface area contributed by atoms with Gasteiger partial charge in [0.2, 0.25) is 0 Å². The molecule has 0 spiro atoms. The molecular formula is C17H28N2O. The molecule has 1 aliphatic heterocycles. The van der Waals surface area contributed by atoms with E-state index in [0.29, 0.717) is 18.0 Å². The fourth-order valence-corrected chi connectivity index (χ4v) is 3.13. The number of rotatable bonds is 6. The van der Waals surface area contributed by atoms with Gasteiger partial charge in [0, 0.05) is 18.6 Å². The van der Waals surface area contributed by atoms with Crippen molar-refractivity contribution in [1.29, 1.82) is 0 Å². The van der Waals surface area contributed by atoms with Crippen molar-refractivity contribution in [3.8, 4) is 5.75 Å². The minimum absolute atomic E-state index is 0.446. The molecule has 0 aliphatic carbocycles. The maximum Gasteiger partial charge on any atom is 0.119 e. The Hall–Kier alpha value is -1.06. The standard InChI is InChI=1S/C17H28N2O/c1-4-9-20-17-7-5-16(6-8-17)14(3)19-12-15(11-18)10-13(19)2/h5-8,13-15H,4,9-12,18H2,1-3H3. The van der Waals surface area contributed by atoms with E-state index in [-0.39, 0.29) is 0 Å². The third kappa shape index (κ3) is 3.53. The molecule has 112 valence electrons. The lowest BCUT2D eigenvalue weighted by Crippen LogP contribution is -2.30. The lowest BCUT2D eigenvalue weighted by Gasteiger charge is -2.29. The van der Waals surface area contributed by atoms with Crippen LogP contribution in [0.5, 0.6) is 5.75 Å². The smallest absolute Gasteiger partial charge is 0.119 e. The van der Waals surface area contributed by atoms with Gasteiger partial charge in [-0.05, 0) is 56.8 Å². The van der Waals surface area contributed by atoms with Crippen LogP contribution in [-0.2, 0) is 0 Å². The predicted molar refractivity (Wildman–Crippen MR) is 84.0 cm³/mol. The van der Waals surface area contributed by atoms with Gasteiger partial charge in [-0.25, -0.2) is 0 Å². The van der Waals surface area contributed by atoms with Crippen molar-refractivity contribution in [2.24, 2.45) is 11.7 Å². The van der Waals surface area contributed by atoms with E-state index in [2.05, 4.69) is 49.9 Å². The summed E-state index contributed by atoms with van der Waals surface area (Å²) in [5.41, 5.74) is 7.18. The number of ether oxygens (including phenoxy) is 1. The van der Waals surface area contributed by atoms with E-state index < -0.39 is 0 Å². The van der Waals surface area contributed by atoms with Gasteiger partial charge in [-0.3, -0.25) is 4.90 Å². The molecule has 0 amide bonds. The summed E-state index contributed by atoms with van der Waals surface area (Å²) in [6.07, 6.45) is 2.27. The van der Waals surface area contributed by atoms with E-state index in [9.17, 15) is 0 Å². The number of hydrogen-bond donors (Lipinski definition) is 1. The molecule has 1 aliphatic rings. The van der Waals surface area contributed by atoms with Crippen molar-refractivity contribution in [3.05, 3.63) is 29.8 Å². The SMILES string of the molecule is CCCOc1ccc(C(C)N2CC(CN)CC2C)cc1. The molecule has 1 aromatic carbocycles. The maximum absolute atomic E-state index is 5.82. The van der Waals surface area contributed by atoms with Crippen molar-refractivity contribution in [2.75, 3.05) is 19.7 Å². The zero-order valence-corrected chi connectivity index (χ0v) is 13.0. The largest absolute Gasteiger partial charge is 0.494 e. The first-order valence-electron chi connectivity index (χ1n) is 7.84. The van der Waals surface area contributed by atoms with Crippen molar-refractivity contribution in [1.82, 2.24) is 4.90 Å². The van der Waals surface area contributed by atoms with Gasteiger partial charge in [0.15, 0.2) is 0 Å². The average Bonchev–Trinajstić information content (AvgIpc) is 2.86. The highest BCUT2D eigenvalue weighted by Gasteiger charge is 2.31. The van der Waals surface area contributed by atoms with Crippen molar-refractivity contribution >= 4 is 0 Å². The van der Waals surface area contributed by atoms with Crippen LogP contribution in [0.1, 0.15) is 45.2 Å². The zero-order valence-electron chi connectivity index (χ0n) is 13.0. The molecule has 20 heavy (non-hydrogen) atoms. The Morgan fingerprint density at radius 1 is 1.35 bits per heavy atom. The van der Waals surface area contributed by atoms with Gasteiger partial charge in [0.05, 0.1) is 6.61 Å². The lowest BCUT2D eigenvalue weighted by molar-refractivity contribution is 0.200. The van der Waals surface area contributed by atoms with E-state index in [0.717, 1.165) is 31.9 Å². The van der Waals surface area contributed by atoms with Crippen LogP contribution in [-0.4, -0.2) is 30.6 Å². The Bertz CT molecular complexity index is 404. The molecule has 2 rings (SSSR count). The van der Waals surface area contributed by atoms with Gasteiger partial charge in [-0.15, -0.1) is 0 Å². The summed E-state index contributed by atoms with van der Waals surface area (Å²) < 4.78 is 5.64. The molecule has 3 atom stereocenters. The first kappa shape index (κ1) is 15.3. The van der Waals surface area contributed by atoms with E-state index in [4.69, 9.17) is 10.5 Å². The molecular weight excluding hydrogens is 248 g/mol. The summed E-state index contributed by atoms with van der Waals surface area (Å²) in [4.78, 5) is 2.57. The highest BCUT2D eigenvalue weighted by molar-refractivity contribution is 5.29. The minimum atomic E-state index is 0.446. The highest BCUT2D eigenvalue weighted by Crippen LogP contribution is 2.32. The fourth-order valence-electron chi connectivity index (χ4n) is 3.13. The summed E-state index contributed by atoms with van der Waals surface area (Å²) in [6, 6.07) is 9.62. The molecule has 1 heterocycles. The minimum Gasteiger partial charge on any atom is -0.494 e. The second kappa shape index (κ2) is 7.09. The molecule has 3 nitrogen and oxygen atoms in total. The van der Waals surface area contributed by atoms with Crippen molar-refractivity contribution < 1.29 is 4.74 Å². The second-order valence-corrected chi connectivity index (χ2v) is 5.98. The number of nitrogens with two attached hydrogens (primary N) is 1. The quantitative estimate of drug-likeness (QED) is 0.867. The van der Waals surface area contributed by atoms with Gasteiger partial charge < -0.3 is 10.5 Å². The summed E-state index contributed by atoms with van der Waals surface area (Å²) in [6.45, 7) is 9.43. The predicted octanol–water partition coefficient (Wildman–Crippen LogP) is 3.21. The highest BCUT2D eigenvalue weighted by atomic mass is 16.5. The van der Waals surface area contributed by atoms with E-state index in [1.807, 2.05) is 0 Å². The van der Waals surface area contributed by atoms with Crippen LogP contribution in [0.3, 0.4) is 0 Å². The number of benzene rings is 1. The van der Waals surface area contributed by atoms with Gasteiger partial charge >= 0.3 is 0 Å². The van der Waals surface area contributed by atoms with E-state index in [1.165, 1.54) is 12.0 Å². The molecule has 0 bridgehead atoms. The monoisotopic (exact) mass is 276 g/mol. The molecule has 1 aromatic rings.